The van der Waals surface area contributed by atoms with Crippen LogP contribution in [0.4, 0.5) is 5.69 Å². The van der Waals surface area contributed by atoms with Crippen LogP contribution < -0.4 is 4.89 Å². The standard InChI is InChI=1S/C7H9BrN2O8P2/c8-7-4(1-5(3-9-7)10(11)12)2-6(19(13,14)15)20(16,17)18/h1,3,6H,2H2,(H4-,11,12,13,14,15,16,17,18). The van der Waals surface area contributed by atoms with Gasteiger partial charge in [0.05, 0.1) is 4.91 Å². The van der Waals surface area contributed by atoms with Crippen LogP contribution >= 0.6 is 31.1 Å². The van der Waals surface area contributed by atoms with E-state index < -0.39 is 31.9 Å². The largest absolute Gasteiger partial charge is 0.778 e. The van der Waals surface area contributed by atoms with Gasteiger partial charge in [0.25, 0.3) is 4.92 Å². The molecule has 4 N–H and O–H groups in total. The molecule has 1 heterocycles. The van der Waals surface area contributed by atoms with Crippen LogP contribution in [0.5, 0.6) is 0 Å². The van der Waals surface area contributed by atoms with Crippen LogP contribution in [0.25, 0.3) is 0 Å². The van der Waals surface area contributed by atoms with Gasteiger partial charge in [-0.3, -0.25) is 4.57 Å². The molecule has 1 aromatic rings. The molecule has 0 fully saturated rings. The van der Waals surface area contributed by atoms with Gasteiger partial charge >= 0.3 is 13.3 Å². The Morgan fingerprint density at radius 1 is 1.40 bits per heavy atom. The fourth-order valence-electron chi connectivity index (χ4n) is 1.35. The Balaban J connectivity index is 3.25. The molecule has 0 bridgehead atoms. The van der Waals surface area contributed by atoms with E-state index >= 15 is 0 Å². The molecule has 10 nitrogen and oxygen atoms in total. The number of pyridine rings is 1. The SMILES string of the molecule is O=[N+](O)c1cnc(Br)c(CC(P(=O)([O-])O)P(=O)(O)O)c1. The fraction of sp³-hybridized carbons (Fsp3) is 0.286. The van der Waals surface area contributed by atoms with Crippen molar-refractivity contribution in [3.63, 3.8) is 0 Å². The Bertz CT molecular complexity index is 603. The minimum absolute atomic E-state index is 0.00926. The molecule has 13 heteroatoms. The van der Waals surface area contributed by atoms with E-state index in [2.05, 4.69) is 20.9 Å². The van der Waals surface area contributed by atoms with E-state index in [1.807, 2.05) is 0 Å². The van der Waals surface area contributed by atoms with Gasteiger partial charge in [-0.05, 0) is 27.9 Å². The monoisotopic (exact) mass is 390 g/mol. The normalized spacial score (nSPS) is 16.4. The predicted octanol–water partition coefficient (Wildman–Crippen LogP) is 0.236. The highest BCUT2D eigenvalue weighted by Gasteiger charge is 2.38. The molecule has 2 unspecified atom stereocenters. The average molecular weight is 391 g/mol. The predicted molar refractivity (Wildman–Crippen MR) is 66.4 cm³/mol. The second-order valence-electron chi connectivity index (χ2n) is 3.75. The summed E-state index contributed by atoms with van der Waals surface area (Å²) < 4.78 is 22.2. The van der Waals surface area contributed by atoms with Crippen LogP contribution in [-0.4, -0.2) is 35.2 Å². The minimum Gasteiger partial charge on any atom is -0.778 e. The summed E-state index contributed by atoms with van der Waals surface area (Å²) in [6, 6.07) is 0.975. The van der Waals surface area contributed by atoms with Gasteiger partial charge in [-0.25, -0.2) is 10.2 Å². The quantitative estimate of drug-likeness (QED) is 0.312. The topological polar surface area (TPSA) is 171 Å². The lowest BCUT2D eigenvalue weighted by Gasteiger charge is -2.27. The summed E-state index contributed by atoms with van der Waals surface area (Å²) in [5.74, 6) is 0. The van der Waals surface area contributed by atoms with Crippen LogP contribution in [0.15, 0.2) is 16.9 Å². The van der Waals surface area contributed by atoms with E-state index in [-0.39, 0.29) is 15.9 Å². The molecule has 0 saturated heterocycles. The molecular formula is C7H9BrN2O8P2. The molecule has 0 saturated carbocycles. The van der Waals surface area contributed by atoms with Gasteiger partial charge in [0.2, 0.25) is 0 Å². The summed E-state index contributed by atoms with van der Waals surface area (Å²) in [6.45, 7) is 0. The first-order valence-electron chi connectivity index (χ1n) is 4.82. The lowest BCUT2D eigenvalue weighted by atomic mass is 10.2. The third-order valence-electron chi connectivity index (χ3n) is 2.29. The number of hydrogen-bond acceptors (Lipinski definition) is 5. The van der Waals surface area contributed by atoms with Crippen molar-refractivity contribution >= 4 is 36.8 Å². The van der Waals surface area contributed by atoms with Crippen LogP contribution in [0, 0.1) is 4.91 Å². The Labute approximate surface area is 120 Å². The summed E-state index contributed by atoms with van der Waals surface area (Å²) in [5.41, 5.74) is -0.456. The third-order valence-corrected chi connectivity index (χ3v) is 6.67. The first-order chi connectivity index (χ1) is 8.93. The maximum Gasteiger partial charge on any atom is 0.337 e. The van der Waals surface area contributed by atoms with Gasteiger partial charge in [-0.1, -0.05) is 0 Å². The molecule has 0 aliphatic heterocycles. The summed E-state index contributed by atoms with van der Waals surface area (Å²) in [7, 11) is -10.5. The van der Waals surface area contributed by atoms with E-state index in [1.165, 1.54) is 0 Å². The fourth-order valence-corrected chi connectivity index (χ4v) is 4.11. The van der Waals surface area contributed by atoms with E-state index in [1.54, 1.807) is 0 Å². The van der Waals surface area contributed by atoms with E-state index in [9.17, 15) is 18.9 Å². The molecule has 20 heavy (non-hydrogen) atoms. The number of nitrogens with zero attached hydrogens (tertiary/aromatic N) is 2. The highest BCUT2D eigenvalue weighted by Crippen LogP contribution is 2.58. The maximum atomic E-state index is 11.1. The Morgan fingerprint density at radius 2 is 1.95 bits per heavy atom. The van der Waals surface area contributed by atoms with Gasteiger partial charge in [0.15, 0.2) is 0 Å². The van der Waals surface area contributed by atoms with Crippen molar-refractivity contribution in [3.8, 4) is 0 Å². The van der Waals surface area contributed by atoms with Crippen molar-refractivity contribution in [2.45, 2.75) is 11.8 Å². The second-order valence-corrected chi connectivity index (χ2v) is 8.47. The van der Waals surface area contributed by atoms with Crippen LogP contribution in [0.3, 0.4) is 0 Å². The number of aromatic nitrogens is 1. The summed E-state index contributed by atoms with van der Waals surface area (Å²) >= 11 is 2.90. The highest BCUT2D eigenvalue weighted by atomic mass is 79.9. The molecule has 0 radical (unpaired) electrons. The molecule has 2 atom stereocenters. The minimum atomic E-state index is -5.34. The molecule has 1 rings (SSSR count). The summed E-state index contributed by atoms with van der Waals surface area (Å²) in [4.78, 5) is 51.6. The van der Waals surface area contributed by atoms with Crippen LogP contribution in [0.2, 0.25) is 0 Å². The smallest absolute Gasteiger partial charge is 0.337 e. The Kier molecular flexibility index (Phi) is 5.20. The molecule has 0 aromatic carbocycles. The van der Waals surface area contributed by atoms with E-state index in [0.717, 1.165) is 12.3 Å². The summed E-state index contributed by atoms with van der Waals surface area (Å²) in [5, 5.41) is 6.32. The molecule has 1 aromatic heterocycles. The van der Waals surface area contributed by atoms with Gasteiger partial charge < -0.3 is 24.1 Å². The molecule has 0 aliphatic rings. The van der Waals surface area contributed by atoms with Crippen molar-refractivity contribution in [3.05, 3.63) is 27.3 Å². The molecule has 112 valence electrons. The molecular weight excluding hydrogens is 382 g/mol. The first-order valence-corrected chi connectivity index (χ1v) is 8.94. The van der Waals surface area contributed by atoms with E-state index in [0.29, 0.717) is 0 Å². The van der Waals surface area contributed by atoms with Gasteiger partial charge in [-0.15, -0.1) is 0 Å². The average Bonchev–Trinajstić information content (AvgIpc) is 2.24. The van der Waals surface area contributed by atoms with Gasteiger partial charge in [-0.2, -0.15) is 0 Å². The third kappa shape index (κ3) is 4.42. The zero-order chi connectivity index (χ0) is 15.7. The van der Waals surface area contributed by atoms with E-state index in [4.69, 9.17) is 19.9 Å². The highest BCUT2D eigenvalue weighted by molar-refractivity contribution is 9.10. The zero-order valence-electron chi connectivity index (χ0n) is 9.53. The molecule has 0 spiro atoms. The Morgan fingerprint density at radius 3 is 2.35 bits per heavy atom. The van der Waals surface area contributed by atoms with Crippen molar-refractivity contribution in [2.24, 2.45) is 0 Å². The number of halogens is 1. The van der Waals surface area contributed by atoms with Gasteiger partial charge in [0.1, 0.15) is 23.8 Å². The molecule has 0 amide bonds. The second kappa shape index (κ2) is 5.98. The lowest BCUT2D eigenvalue weighted by Crippen LogP contribution is -2.20. The van der Waals surface area contributed by atoms with Gasteiger partial charge in [0, 0.05) is 6.07 Å². The van der Waals surface area contributed by atoms with Crippen molar-refractivity contribution in [2.75, 3.05) is 0 Å². The zero-order valence-corrected chi connectivity index (χ0v) is 12.9. The summed E-state index contributed by atoms with van der Waals surface area (Å²) in [6.07, 6.45) is 0.152. The maximum absolute atomic E-state index is 11.1. The van der Waals surface area contributed by atoms with Crippen LogP contribution in [-0.2, 0) is 15.6 Å². The van der Waals surface area contributed by atoms with Crippen LogP contribution in [0.1, 0.15) is 5.56 Å². The number of rotatable bonds is 5. The van der Waals surface area contributed by atoms with Crippen molar-refractivity contribution < 1.29 is 38.8 Å². The van der Waals surface area contributed by atoms with Crippen molar-refractivity contribution in [1.82, 2.24) is 4.98 Å². The molecule has 0 aliphatic carbocycles. The Hall–Kier alpha value is -0.670. The lowest BCUT2D eigenvalue weighted by molar-refractivity contribution is -0.729. The number of hydrogen-bond donors (Lipinski definition) is 4. The first kappa shape index (κ1) is 17.4. The van der Waals surface area contributed by atoms with Crippen molar-refractivity contribution in [1.29, 1.82) is 0 Å².